The van der Waals surface area contributed by atoms with Gasteiger partial charge in [-0.25, -0.2) is 9.89 Å². The highest BCUT2D eigenvalue weighted by Crippen LogP contribution is 2.39. The highest BCUT2D eigenvalue weighted by atomic mass is 32.2. The smallest absolute Gasteiger partial charge is 0.313 e. The molecule has 0 radical (unpaired) electrons. The number of thioether (sulfide) groups is 1. The van der Waals surface area contributed by atoms with Crippen LogP contribution in [0.2, 0.25) is 0 Å². The summed E-state index contributed by atoms with van der Waals surface area (Å²) in [5.41, 5.74) is -0.0409. The van der Waals surface area contributed by atoms with E-state index < -0.39 is 0 Å². The lowest BCUT2D eigenvalue weighted by Gasteiger charge is -2.31. The van der Waals surface area contributed by atoms with Crippen molar-refractivity contribution in [2.75, 3.05) is 6.54 Å². The van der Waals surface area contributed by atoms with Gasteiger partial charge in [-0.05, 0) is 32.2 Å². The zero-order valence-electron chi connectivity index (χ0n) is 11.4. The van der Waals surface area contributed by atoms with Gasteiger partial charge in [-0.2, -0.15) is 0 Å². The molecule has 0 aromatic carbocycles. The normalized spacial score (nSPS) is 27.6. The first-order valence-electron chi connectivity index (χ1n) is 7.36. The molecule has 0 spiro atoms. The first-order chi connectivity index (χ1) is 9.29. The van der Waals surface area contributed by atoms with Gasteiger partial charge in [0.25, 0.3) is 0 Å². The van der Waals surface area contributed by atoms with Gasteiger partial charge in [-0.15, -0.1) is 5.10 Å². The van der Waals surface area contributed by atoms with Crippen LogP contribution in [0, 0.1) is 0 Å². The number of H-pyrrole nitrogens is 1. The Bertz CT molecular complexity index is 477. The Morgan fingerprint density at radius 2 is 2.16 bits per heavy atom. The molecule has 2 atom stereocenters. The molecule has 0 bridgehead atoms. The molecule has 1 aromatic heterocycles. The van der Waals surface area contributed by atoms with Crippen LogP contribution in [0.1, 0.15) is 51.5 Å². The largest absolute Gasteiger partial charge is 0.344 e. The van der Waals surface area contributed by atoms with E-state index in [4.69, 9.17) is 0 Å². The van der Waals surface area contributed by atoms with Crippen LogP contribution in [0.5, 0.6) is 0 Å². The molecule has 6 heteroatoms. The van der Waals surface area contributed by atoms with Crippen molar-refractivity contribution in [3.63, 3.8) is 0 Å². The molecule has 5 nitrogen and oxygen atoms in total. The van der Waals surface area contributed by atoms with Gasteiger partial charge < -0.3 is 5.32 Å². The van der Waals surface area contributed by atoms with Crippen LogP contribution in [0.15, 0.2) is 9.95 Å². The van der Waals surface area contributed by atoms with E-state index in [0.717, 1.165) is 24.5 Å². The summed E-state index contributed by atoms with van der Waals surface area (Å²) in [7, 11) is 0. The second-order valence-electron chi connectivity index (χ2n) is 5.52. The Morgan fingerprint density at radius 3 is 2.89 bits per heavy atom. The first kappa shape index (κ1) is 13.2. The van der Waals surface area contributed by atoms with E-state index in [2.05, 4.69) is 22.4 Å². The van der Waals surface area contributed by atoms with Gasteiger partial charge >= 0.3 is 5.69 Å². The predicted molar refractivity (Wildman–Crippen MR) is 76.7 cm³/mol. The van der Waals surface area contributed by atoms with Crippen molar-refractivity contribution in [3.8, 4) is 0 Å². The zero-order chi connectivity index (χ0) is 13.2. The third-order valence-corrected chi connectivity index (χ3v) is 5.38. The lowest BCUT2D eigenvalue weighted by atomic mass is 9.95. The predicted octanol–water partition coefficient (Wildman–Crippen LogP) is 1.92. The molecular weight excluding hydrogens is 260 g/mol. The highest BCUT2D eigenvalue weighted by Gasteiger charge is 2.32. The fourth-order valence-corrected chi connectivity index (χ4v) is 4.29. The van der Waals surface area contributed by atoms with Crippen LogP contribution in [-0.2, 0) is 0 Å². The summed E-state index contributed by atoms with van der Waals surface area (Å²) in [5, 5.41) is 11.9. The van der Waals surface area contributed by atoms with Crippen LogP contribution >= 0.6 is 11.8 Å². The van der Waals surface area contributed by atoms with E-state index in [-0.39, 0.29) is 5.69 Å². The van der Waals surface area contributed by atoms with Crippen LogP contribution in [-0.4, -0.2) is 32.6 Å². The maximum absolute atomic E-state index is 11.8. The summed E-state index contributed by atoms with van der Waals surface area (Å²) >= 11 is 1.79. The minimum atomic E-state index is -0.0409. The third kappa shape index (κ3) is 2.89. The summed E-state index contributed by atoms with van der Waals surface area (Å²) in [5.74, 6) is 0. The third-order valence-electron chi connectivity index (χ3n) is 4.01. The second-order valence-corrected chi connectivity index (χ2v) is 6.72. The highest BCUT2D eigenvalue weighted by molar-refractivity contribution is 7.99. The fourth-order valence-electron chi connectivity index (χ4n) is 2.90. The minimum Gasteiger partial charge on any atom is -0.313 e. The molecule has 2 unspecified atom stereocenters. The molecule has 0 saturated heterocycles. The Balaban J connectivity index is 1.74. The molecule has 106 valence electrons. The Hall–Kier alpha value is -0.750. The van der Waals surface area contributed by atoms with Gasteiger partial charge in [0.1, 0.15) is 0 Å². The maximum Gasteiger partial charge on any atom is 0.344 e. The van der Waals surface area contributed by atoms with E-state index in [9.17, 15) is 4.79 Å². The molecule has 1 aromatic rings. The molecule has 2 N–H and O–H groups in total. The maximum atomic E-state index is 11.8. The number of nitrogens with zero attached hydrogens (tertiary/aromatic N) is 2. The van der Waals surface area contributed by atoms with Crippen LogP contribution < -0.4 is 11.0 Å². The number of aromatic nitrogens is 3. The SMILES string of the molecule is CCNC1CCCCC1Sc1n[nH]c(=O)n1C1CC1. The summed E-state index contributed by atoms with van der Waals surface area (Å²) in [6, 6.07) is 0.957. The number of aromatic amines is 1. The van der Waals surface area contributed by atoms with Crippen molar-refractivity contribution >= 4 is 11.8 Å². The summed E-state index contributed by atoms with van der Waals surface area (Å²) in [4.78, 5) is 11.8. The summed E-state index contributed by atoms with van der Waals surface area (Å²) < 4.78 is 1.86. The van der Waals surface area contributed by atoms with Crippen LogP contribution in [0.25, 0.3) is 0 Å². The van der Waals surface area contributed by atoms with Gasteiger partial charge in [-0.1, -0.05) is 31.5 Å². The molecule has 3 rings (SSSR count). The van der Waals surface area contributed by atoms with Crippen molar-refractivity contribution in [1.29, 1.82) is 0 Å². The molecule has 1 heterocycles. The van der Waals surface area contributed by atoms with Crippen molar-refractivity contribution in [2.45, 2.75) is 67.9 Å². The van der Waals surface area contributed by atoms with Gasteiger partial charge in [0, 0.05) is 17.3 Å². The molecule has 2 aliphatic rings. The Kier molecular flexibility index (Phi) is 3.98. The molecule has 2 fully saturated rings. The number of hydrogen-bond donors (Lipinski definition) is 2. The Labute approximate surface area is 117 Å². The summed E-state index contributed by atoms with van der Waals surface area (Å²) in [6.07, 6.45) is 7.29. The van der Waals surface area contributed by atoms with Crippen LogP contribution in [0.3, 0.4) is 0 Å². The van der Waals surface area contributed by atoms with Crippen LogP contribution in [0.4, 0.5) is 0 Å². The van der Waals surface area contributed by atoms with E-state index in [1.165, 1.54) is 25.7 Å². The molecular formula is C13H22N4OS. The standard InChI is InChI=1S/C13H22N4OS/c1-2-14-10-5-3-4-6-11(10)19-13-16-15-12(18)17(13)9-7-8-9/h9-11,14H,2-8H2,1H3,(H,15,18). The topological polar surface area (TPSA) is 62.7 Å². The van der Waals surface area contributed by atoms with Gasteiger partial charge in [-0.3, -0.25) is 4.57 Å². The lowest BCUT2D eigenvalue weighted by Crippen LogP contribution is -2.40. The molecule has 19 heavy (non-hydrogen) atoms. The van der Waals surface area contributed by atoms with Gasteiger partial charge in [0.2, 0.25) is 0 Å². The average molecular weight is 282 g/mol. The molecule has 0 amide bonds. The molecule has 2 saturated carbocycles. The minimum absolute atomic E-state index is 0.0409. The monoisotopic (exact) mass is 282 g/mol. The van der Waals surface area contributed by atoms with Gasteiger partial charge in [0.05, 0.1) is 0 Å². The van der Waals surface area contributed by atoms with Crippen molar-refractivity contribution in [3.05, 3.63) is 10.5 Å². The lowest BCUT2D eigenvalue weighted by molar-refractivity contribution is 0.390. The zero-order valence-corrected chi connectivity index (χ0v) is 12.2. The molecule has 0 aliphatic heterocycles. The van der Waals surface area contributed by atoms with E-state index >= 15 is 0 Å². The second kappa shape index (κ2) is 5.71. The average Bonchev–Trinajstić information content (AvgIpc) is 3.18. The van der Waals surface area contributed by atoms with E-state index in [0.29, 0.717) is 17.3 Å². The number of hydrogen-bond acceptors (Lipinski definition) is 4. The van der Waals surface area contributed by atoms with Crippen molar-refractivity contribution < 1.29 is 0 Å². The van der Waals surface area contributed by atoms with Gasteiger partial charge in [0.15, 0.2) is 5.16 Å². The van der Waals surface area contributed by atoms with E-state index in [1.54, 1.807) is 11.8 Å². The van der Waals surface area contributed by atoms with Crippen molar-refractivity contribution in [1.82, 2.24) is 20.1 Å². The number of nitrogens with one attached hydrogen (secondary N) is 2. The summed E-state index contributed by atoms with van der Waals surface area (Å²) in [6.45, 7) is 3.17. The Morgan fingerprint density at radius 1 is 1.37 bits per heavy atom. The van der Waals surface area contributed by atoms with Crippen molar-refractivity contribution in [2.24, 2.45) is 0 Å². The molecule has 2 aliphatic carbocycles. The first-order valence-corrected chi connectivity index (χ1v) is 8.24. The van der Waals surface area contributed by atoms with E-state index in [1.807, 2.05) is 4.57 Å². The number of rotatable bonds is 5. The fraction of sp³-hybridized carbons (Fsp3) is 0.846. The quantitative estimate of drug-likeness (QED) is 0.866.